The van der Waals surface area contributed by atoms with E-state index in [1.54, 1.807) is 0 Å². The van der Waals surface area contributed by atoms with Gasteiger partial charge >= 0.3 is 6.18 Å². The maximum atomic E-state index is 13.0. The van der Waals surface area contributed by atoms with Crippen molar-refractivity contribution in [3.8, 4) is 0 Å². The predicted molar refractivity (Wildman–Crippen MR) is 105 cm³/mol. The van der Waals surface area contributed by atoms with Crippen LogP contribution >= 0.6 is 11.8 Å². The first kappa shape index (κ1) is 22.2. The number of hydrogen-bond acceptors (Lipinski definition) is 5. The molecule has 0 spiro atoms. The summed E-state index contributed by atoms with van der Waals surface area (Å²) in [6, 6.07) is 0.0907. The van der Waals surface area contributed by atoms with Gasteiger partial charge < -0.3 is 5.32 Å². The Bertz CT molecular complexity index is 536. The molecule has 1 aliphatic heterocycles. The van der Waals surface area contributed by atoms with E-state index in [0.717, 1.165) is 32.4 Å². The Morgan fingerprint density at radius 1 is 1.18 bits per heavy atom. The minimum atomic E-state index is -4.18. The third kappa shape index (κ3) is 5.77. The first-order chi connectivity index (χ1) is 13.2. The van der Waals surface area contributed by atoms with Gasteiger partial charge in [0, 0.05) is 17.2 Å². The van der Waals surface area contributed by atoms with Gasteiger partial charge in [-0.25, -0.2) is 10.9 Å². The Kier molecular flexibility index (Phi) is 7.55. The Balaban J connectivity index is 1.48. The lowest BCUT2D eigenvalue weighted by molar-refractivity contribution is -0.186. The van der Waals surface area contributed by atoms with Gasteiger partial charge in [-0.15, -0.1) is 11.8 Å². The van der Waals surface area contributed by atoms with Gasteiger partial charge in [0.1, 0.15) is 5.50 Å². The van der Waals surface area contributed by atoms with E-state index in [1.165, 1.54) is 0 Å². The summed E-state index contributed by atoms with van der Waals surface area (Å²) in [5.41, 5.74) is 6.63. The molecule has 28 heavy (non-hydrogen) atoms. The third-order valence-electron chi connectivity index (χ3n) is 6.53. The van der Waals surface area contributed by atoms with E-state index in [-0.39, 0.29) is 30.3 Å². The van der Waals surface area contributed by atoms with Crippen LogP contribution in [0.3, 0.4) is 0 Å². The highest BCUT2D eigenvalue weighted by Gasteiger charge is 2.44. The fourth-order valence-electron chi connectivity index (χ4n) is 4.73. The van der Waals surface area contributed by atoms with E-state index in [9.17, 15) is 18.0 Å². The van der Waals surface area contributed by atoms with Gasteiger partial charge in [-0.1, -0.05) is 19.8 Å². The zero-order valence-electron chi connectivity index (χ0n) is 16.7. The number of amides is 1. The molecule has 2 saturated carbocycles. The summed E-state index contributed by atoms with van der Waals surface area (Å²) in [6.45, 7) is 3.05. The quantitative estimate of drug-likeness (QED) is 0.634. The number of hydrazine groups is 1. The van der Waals surface area contributed by atoms with Crippen molar-refractivity contribution in [1.29, 1.82) is 0 Å². The Hall–Kier alpha value is -0.510. The fraction of sp³-hybridized carbons (Fsp3) is 0.947. The van der Waals surface area contributed by atoms with Crippen molar-refractivity contribution in [3.63, 3.8) is 0 Å². The highest BCUT2D eigenvalue weighted by Crippen LogP contribution is 2.40. The maximum Gasteiger partial charge on any atom is 0.391 e. The average molecular weight is 423 g/mol. The van der Waals surface area contributed by atoms with Crippen molar-refractivity contribution in [2.45, 2.75) is 81.3 Å². The van der Waals surface area contributed by atoms with Crippen molar-refractivity contribution >= 4 is 17.7 Å². The molecule has 5 nitrogen and oxygen atoms in total. The minimum Gasteiger partial charge on any atom is -0.353 e. The molecule has 3 aliphatic rings. The van der Waals surface area contributed by atoms with Gasteiger partial charge in [0.2, 0.25) is 5.91 Å². The highest BCUT2D eigenvalue weighted by atomic mass is 32.2. The van der Waals surface area contributed by atoms with Gasteiger partial charge in [-0.05, 0) is 51.5 Å². The summed E-state index contributed by atoms with van der Waals surface area (Å²) in [4.78, 5) is 14.8. The molecule has 3 fully saturated rings. The second-order valence-electron chi connectivity index (χ2n) is 8.66. The van der Waals surface area contributed by atoms with Gasteiger partial charge in [0.25, 0.3) is 0 Å². The van der Waals surface area contributed by atoms with Crippen LogP contribution in [-0.2, 0) is 4.79 Å². The average Bonchev–Trinajstić information content (AvgIpc) is 3.06. The van der Waals surface area contributed by atoms with Crippen molar-refractivity contribution in [3.05, 3.63) is 0 Å². The van der Waals surface area contributed by atoms with E-state index >= 15 is 0 Å². The third-order valence-corrected chi connectivity index (χ3v) is 8.08. The number of rotatable bonds is 5. The zero-order chi connectivity index (χ0) is 20.3. The Morgan fingerprint density at radius 3 is 2.61 bits per heavy atom. The van der Waals surface area contributed by atoms with E-state index in [4.69, 9.17) is 0 Å². The summed E-state index contributed by atoms with van der Waals surface area (Å²) in [7, 11) is 2.07. The molecule has 1 heterocycles. The van der Waals surface area contributed by atoms with E-state index in [0.29, 0.717) is 24.0 Å². The fourth-order valence-corrected chi connectivity index (χ4v) is 6.04. The minimum absolute atomic E-state index is 0.0512. The summed E-state index contributed by atoms with van der Waals surface area (Å²) in [5.74, 6) is -1.47. The molecule has 0 bridgehead atoms. The number of nitrogens with zero attached hydrogens (tertiary/aromatic N) is 1. The number of halogens is 3. The van der Waals surface area contributed by atoms with Gasteiger partial charge in [0.15, 0.2) is 0 Å². The molecule has 0 aromatic carbocycles. The van der Waals surface area contributed by atoms with Crippen molar-refractivity contribution in [1.82, 2.24) is 21.1 Å². The van der Waals surface area contributed by atoms with Crippen LogP contribution in [0.2, 0.25) is 0 Å². The number of thioether (sulfide) groups is 1. The number of carbonyl (C=O) groups excluding carboxylic acids is 1. The van der Waals surface area contributed by atoms with Gasteiger partial charge in [0.05, 0.1) is 12.6 Å². The molecule has 5 unspecified atom stereocenters. The lowest BCUT2D eigenvalue weighted by atomic mass is 9.79. The molecule has 0 aromatic heterocycles. The standard InChI is InChI=1S/C19H33F3N4OS/c1-12(28-18-25-23-11-26(18)2)13-5-4-8-16(10-13)24-17(27)14-6-3-7-15(9-14)19(20,21)22/h12-16,18,23,25H,3-11H2,1-2H3,(H,24,27)/t12-,13?,14?,15?,16?,18?/m0/s1. The first-order valence-electron chi connectivity index (χ1n) is 10.4. The predicted octanol–water partition coefficient (Wildman–Crippen LogP) is 3.43. The number of alkyl halides is 3. The van der Waals surface area contributed by atoms with Crippen LogP contribution in [0.5, 0.6) is 0 Å². The monoisotopic (exact) mass is 422 g/mol. The summed E-state index contributed by atoms with van der Waals surface area (Å²) >= 11 is 1.89. The molecule has 1 saturated heterocycles. The molecule has 1 amide bonds. The van der Waals surface area contributed by atoms with Crippen LogP contribution in [0, 0.1) is 17.8 Å². The van der Waals surface area contributed by atoms with Crippen molar-refractivity contribution in [2.75, 3.05) is 13.7 Å². The lowest BCUT2D eigenvalue weighted by Gasteiger charge is -2.36. The molecule has 0 aromatic rings. The normalized spacial score (nSPS) is 36.2. The van der Waals surface area contributed by atoms with Crippen LogP contribution in [0.15, 0.2) is 0 Å². The highest BCUT2D eigenvalue weighted by molar-refractivity contribution is 8.00. The summed E-state index contributed by atoms with van der Waals surface area (Å²) < 4.78 is 39.1. The number of carbonyl (C=O) groups is 1. The molecule has 2 aliphatic carbocycles. The SMILES string of the molecule is C[C@H](SC1NNCN1C)C1CCCC(NC(=O)C2CCCC(C(F)(F)F)C2)C1. The topological polar surface area (TPSA) is 56.4 Å². The van der Waals surface area contributed by atoms with Crippen molar-refractivity contribution in [2.24, 2.45) is 17.8 Å². The Morgan fingerprint density at radius 2 is 1.93 bits per heavy atom. The molecule has 3 N–H and O–H groups in total. The molecular weight excluding hydrogens is 389 g/mol. The molecule has 9 heteroatoms. The van der Waals surface area contributed by atoms with Crippen molar-refractivity contribution < 1.29 is 18.0 Å². The van der Waals surface area contributed by atoms with Crippen LogP contribution in [-0.4, -0.2) is 47.5 Å². The second kappa shape index (κ2) is 9.53. The van der Waals surface area contributed by atoms with E-state index in [1.807, 2.05) is 11.8 Å². The van der Waals surface area contributed by atoms with Crippen LogP contribution in [0.4, 0.5) is 13.2 Å². The smallest absolute Gasteiger partial charge is 0.353 e. The summed E-state index contributed by atoms with van der Waals surface area (Å²) in [6.07, 6.45) is 1.03. The maximum absolute atomic E-state index is 13.0. The first-order valence-corrected chi connectivity index (χ1v) is 11.4. The van der Waals surface area contributed by atoms with Gasteiger partial charge in [-0.2, -0.15) is 13.2 Å². The number of hydrogen-bond donors (Lipinski definition) is 3. The summed E-state index contributed by atoms with van der Waals surface area (Å²) in [5, 5.41) is 3.54. The Labute approximate surface area is 169 Å². The van der Waals surface area contributed by atoms with E-state index in [2.05, 4.69) is 35.0 Å². The van der Waals surface area contributed by atoms with Crippen LogP contribution < -0.4 is 16.2 Å². The molecular formula is C19H33F3N4OS. The second-order valence-corrected chi connectivity index (χ2v) is 10.1. The van der Waals surface area contributed by atoms with Crippen LogP contribution in [0.1, 0.15) is 58.3 Å². The molecule has 3 rings (SSSR count). The lowest BCUT2D eigenvalue weighted by Crippen LogP contribution is -2.45. The number of nitrogens with one attached hydrogen (secondary N) is 3. The van der Waals surface area contributed by atoms with Gasteiger partial charge in [-0.3, -0.25) is 9.69 Å². The van der Waals surface area contributed by atoms with E-state index < -0.39 is 18.0 Å². The molecule has 162 valence electrons. The molecule has 0 radical (unpaired) electrons. The molecule has 6 atom stereocenters. The largest absolute Gasteiger partial charge is 0.391 e. The van der Waals surface area contributed by atoms with Crippen LogP contribution in [0.25, 0.3) is 0 Å². The zero-order valence-corrected chi connectivity index (χ0v) is 17.5.